The number of hydrogen-bond donors (Lipinski definition) is 0. The van der Waals surface area contributed by atoms with E-state index in [2.05, 4.69) is 22.6 Å². The summed E-state index contributed by atoms with van der Waals surface area (Å²) in [6.45, 7) is 3.30. The first kappa shape index (κ1) is 10.4. The lowest BCUT2D eigenvalue weighted by Gasteiger charge is -2.15. The van der Waals surface area contributed by atoms with Gasteiger partial charge in [0.15, 0.2) is 0 Å². The number of nitrogens with zero attached hydrogens (tertiary/aromatic N) is 2. The molecule has 0 unspecified atom stereocenters. The molecule has 78 valence electrons. The van der Waals surface area contributed by atoms with Crippen LogP contribution in [0.5, 0.6) is 0 Å². The van der Waals surface area contributed by atoms with Gasteiger partial charge in [0.2, 0.25) is 0 Å². The number of rotatable bonds is 0. The molecule has 0 fully saturated rings. The van der Waals surface area contributed by atoms with Crippen molar-refractivity contribution in [3.8, 4) is 0 Å². The van der Waals surface area contributed by atoms with Crippen LogP contribution in [0.3, 0.4) is 0 Å². The van der Waals surface area contributed by atoms with Gasteiger partial charge in [0.05, 0.1) is 13.7 Å². The second-order valence-electron chi connectivity index (χ2n) is 3.37. The van der Waals surface area contributed by atoms with E-state index in [4.69, 9.17) is 0 Å². The second-order valence-corrected chi connectivity index (χ2v) is 4.53. The average Bonchev–Trinajstić information content (AvgIpc) is 2.23. The van der Waals surface area contributed by atoms with Gasteiger partial charge in [-0.05, 0) is 41.6 Å². The van der Waals surface area contributed by atoms with Gasteiger partial charge < -0.3 is 9.94 Å². The molecule has 0 spiro atoms. The summed E-state index contributed by atoms with van der Waals surface area (Å²) in [5.41, 5.74) is 1.75. The van der Waals surface area contributed by atoms with E-state index in [0.29, 0.717) is 22.4 Å². The highest BCUT2D eigenvalue weighted by molar-refractivity contribution is 14.1. The van der Waals surface area contributed by atoms with Crippen LogP contribution in [0.4, 0.5) is 0 Å². The van der Waals surface area contributed by atoms with E-state index >= 15 is 0 Å². The number of fused-ring (bicyclic) bond motifs is 1. The first-order chi connectivity index (χ1) is 7.04. The number of benzene rings is 1. The van der Waals surface area contributed by atoms with Crippen molar-refractivity contribution in [1.82, 2.24) is 4.73 Å². The van der Waals surface area contributed by atoms with Crippen molar-refractivity contribution in [3.63, 3.8) is 0 Å². The van der Waals surface area contributed by atoms with Gasteiger partial charge in [0, 0.05) is 11.8 Å². The van der Waals surface area contributed by atoms with Gasteiger partial charge in [0.25, 0.3) is 11.2 Å². The lowest BCUT2D eigenvalue weighted by molar-refractivity contribution is -0.474. The summed E-state index contributed by atoms with van der Waals surface area (Å²) in [5, 5.41) is 11.8. The molecule has 2 rings (SSSR count). The molecule has 15 heavy (non-hydrogen) atoms. The lowest BCUT2D eigenvalue weighted by atomic mass is 10.2. The maximum atomic E-state index is 11.9. The molecule has 0 aliphatic rings. The maximum Gasteiger partial charge on any atom is 0.299 e. The zero-order valence-electron chi connectivity index (χ0n) is 8.32. The first-order valence-corrected chi connectivity index (χ1v) is 5.52. The van der Waals surface area contributed by atoms with Gasteiger partial charge in [-0.15, -0.1) is 0 Å². The second kappa shape index (κ2) is 3.48. The highest BCUT2D eigenvalue weighted by atomic mass is 127. The monoisotopic (exact) mass is 316 g/mol. The van der Waals surface area contributed by atoms with Crippen LogP contribution < -0.4 is 4.43 Å². The van der Waals surface area contributed by atoms with Crippen molar-refractivity contribution in [2.24, 2.45) is 0 Å². The number of aromatic nitrogens is 2. The molecule has 0 bridgehead atoms. The Morgan fingerprint density at radius 1 is 1.40 bits per heavy atom. The Balaban J connectivity index is 3.15. The maximum absolute atomic E-state index is 11.9. The molecule has 0 saturated carbocycles. The van der Waals surface area contributed by atoms with Gasteiger partial charge in [-0.3, -0.25) is 0 Å². The first-order valence-electron chi connectivity index (χ1n) is 4.44. The molecule has 0 aliphatic heterocycles. The van der Waals surface area contributed by atoms with E-state index in [9.17, 15) is 10.1 Å². The predicted molar refractivity (Wildman–Crippen MR) is 66.3 cm³/mol. The van der Waals surface area contributed by atoms with Crippen LogP contribution in [0.2, 0.25) is 0 Å². The van der Waals surface area contributed by atoms with Gasteiger partial charge in [-0.2, -0.15) is 0 Å². The molecule has 1 aromatic heterocycles. The molecule has 0 amide bonds. The standard InChI is InChI=1S/C10H9IN2O2/c1-6-7(2)13(15)10-8(11)4-3-5-9(10)12(6)14/h3-5H,1-2H3. The van der Waals surface area contributed by atoms with Crippen LogP contribution in [0.25, 0.3) is 11.0 Å². The third kappa shape index (κ3) is 1.41. The minimum Gasteiger partial charge on any atom is -0.805 e. The average molecular weight is 316 g/mol. The quantitative estimate of drug-likeness (QED) is 0.552. The molecule has 0 N–H and O–H groups in total. The molecule has 5 heteroatoms. The van der Waals surface area contributed by atoms with Crippen LogP contribution in [-0.2, 0) is 0 Å². The third-order valence-corrected chi connectivity index (χ3v) is 3.39. The van der Waals surface area contributed by atoms with Crippen LogP contribution in [0, 0.1) is 27.5 Å². The Morgan fingerprint density at radius 3 is 2.73 bits per heavy atom. The topological polar surface area (TPSA) is 51.0 Å². The van der Waals surface area contributed by atoms with Crippen LogP contribution in [-0.4, -0.2) is 4.73 Å². The van der Waals surface area contributed by atoms with E-state index in [0.717, 1.165) is 12.7 Å². The number of para-hydroxylation sites is 1. The van der Waals surface area contributed by atoms with E-state index in [1.165, 1.54) is 0 Å². The molecular weight excluding hydrogens is 307 g/mol. The summed E-state index contributed by atoms with van der Waals surface area (Å²) >= 11 is 2.06. The van der Waals surface area contributed by atoms with Crippen LogP contribution in [0.15, 0.2) is 18.2 Å². The Kier molecular flexibility index (Phi) is 2.41. The fraction of sp³-hybridized carbons (Fsp3) is 0.200. The summed E-state index contributed by atoms with van der Waals surface area (Å²) < 4.78 is 2.41. The van der Waals surface area contributed by atoms with Crippen molar-refractivity contribution in [2.75, 3.05) is 0 Å². The molecular formula is C10H9IN2O2. The third-order valence-electron chi connectivity index (χ3n) is 2.52. The minimum absolute atomic E-state index is 0.417. The van der Waals surface area contributed by atoms with E-state index in [1.54, 1.807) is 26.0 Å². The fourth-order valence-corrected chi connectivity index (χ4v) is 2.21. The molecule has 1 heterocycles. The van der Waals surface area contributed by atoms with E-state index in [1.807, 2.05) is 6.07 Å². The predicted octanol–water partition coefficient (Wildman–Crippen LogP) is 2.12. The summed E-state index contributed by atoms with van der Waals surface area (Å²) in [6, 6.07) is 5.24. The summed E-state index contributed by atoms with van der Waals surface area (Å²) in [4.78, 5) is 11.9. The lowest BCUT2D eigenvalue weighted by Crippen LogP contribution is -2.25. The SMILES string of the molecule is Cc1c(C)[n+](=O)c2c(I)cccc2n1[O-]. The highest BCUT2D eigenvalue weighted by Crippen LogP contribution is 2.18. The molecule has 0 aliphatic carbocycles. The molecule has 4 nitrogen and oxygen atoms in total. The number of halogens is 1. The normalized spacial score (nSPS) is 10.9. The Hall–Kier alpha value is -1.11. The molecule has 1 aromatic carbocycles. The van der Waals surface area contributed by atoms with Crippen molar-refractivity contribution in [1.29, 1.82) is 0 Å². The molecule has 2 aromatic rings. The summed E-state index contributed by atoms with van der Waals surface area (Å²) in [5.74, 6) is 0. The van der Waals surface area contributed by atoms with Crippen molar-refractivity contribution < 1.29 is 4.43 Å². The minimum atomic E-state index is 0.417. The van der Waals surface area contributed by atoms with Crippen LogP contribution in [0.1, 0.15) is 11.4 Å². The zero-order valence-corrected chi connectivity index (χ0v) is 10.5. The van der Waals surface area contributed by atoms with Gasteiger partial charge >= 0.3 is 0 Å². The van der Waals surface area contributed by atoms with E-state index < -0.39 is 0 Å². The summed E-state index contributed by atoms with van der Waals surface area (Å²) in [7, 11) is 0. The molecule has 0 atom stereocenters. The van der Waals surface area contributed by atoms with Crippen LogP contribution >= 0.6 is 22.6 Å². The van der Waals surface area contributed by atoms with Crippen molar-refractivity contribution in [3.05, 3.63) is 43.3 Å². The molecule has 0 saturated heterocycles. The molecule has 0 radical (unpaired) electrons. The Bertz CT molecular complexity index is 604. The van der Waals surface area contributed by atoms with Crippen molar-refractivity contribution in [2.45, 2.75) is 13.8 Å². The fourth-order valence-electron chi connectivity index (χ4n) is 1.51. The Morgan fingerprint density at radius 2 is 2.07 bits per heavy atom. The van der Waals surface area contributed by atoms with E-state index in [-0.39, 0.29) is 0 Å². The Labute approximate surface area is 99.9 Å². The summed E-state index contributed by atoms with van der Waals surface area (Å²) in [6.07, 6.45) is 0. The van der Waals surface area contributed by atoms with Gasteiger partial charge in [0.1, 0.15) is 5.52 Å². The zero-order chi connectivity index (χ0) is 11.2. The highest BCUT2D eigenvalue weighted by Gasteiger charge is 2.17. The number of hydrogen-bond acceptors (Lipinski definition) is 2. The largest absolute Gasteiger partial charge is 0.805 e. The van der Waals surface area contributed by atoms with Gasteiger partial charge in [-0.25, -0.2) is 0 Å². The smallest absolute Gasteiger partial charge is 0.299 e. The van der Waals surface area contributed by atoms with Gasteiger partial charge in [-0.1, -0.05) is 6.07 Å². The van der Waals surface area contributed by atoms with Crippen molar-refractivity contribution >= 4 is 33.6 Å².